The maximum Gasteiger partial charge on any atom is 0.364 e. The molecule has 6 nitrogen and oxygen atoms in total. The third-order valence-electron chi connectivity index (χ3n) is 2.99. The third-order valence-corrected chi connectivity index (χ3v) is 3.48. The van der Waals surface area contributed by atoms with Crippen LogP contribution in [0.15, 0.2) is 45.7 Å². The van der Waals surface area contributed by atoms with Gasteiger partial charge in [0.2, 0.25) is 0 Å². The fraction of sp³-hybridized carbons (Fsp3) is 0.154. The molecule has 3 rings (SSSR count). The van der Waals surface area contributed by atoms with Gasteiger partial charge in [0.1, 0.15) is 5.82 Å². The second-order valence-corrected chi connectivity index (χ2v) is 5.35. The molecule has 0 saturated heterocycles. The first kappa shape index (κ1) is 12.9. The van der Waals surface area contributed by atoms with Gasteiger partial charge in [-0.2, -0.15) is 9.61 Å². The van der Waals surface area contributed by atoms with Gasteiger partial charge >= 0.3 is 5.69 Å². The number of nitrogens with zero attached hydrogens (tertiary/aromatic N) is 3. The van der Waals surface area contributed by atoms with E-state index in [4.69, 9.17) is 0 Å². The number of aromatic amines is 1. The van der Waals surface area contributed by atoms with E-state index >= 15 is 0 Å². The molecule has 3 aromatic rings. The number of nitrogens with one attached hydrogen (secondary N) is 2. The molecule has 0 aliphatic carbocycles. The molecular formula is C13H12BrN5O. The molecule has 1 aromatic carbocycles. The molecule has 0 amide bonds. The van der Waals surface area contributed by atoms with Crippen LogP contribution in [0.1, 0.15) is 18.5 Å². The Bertz CT molecular complexity index is 810. The minimum absolute atomic E-state index is 0.0695. The maximum absolute atomic E-state index is 11.5. The van der Waals surface area contributed by atoms with Crippen molar-refractivity contribution in [1.82, 2.24) is 19.8 Å². The van der Waals surface area contributed by atoms with E-state index in [1.54, 1.807) is 12.1 Å². The molecule has 20 heavy (non-hydrogen) atoms. The Hall–Kier alpha value is -2.15. The highest BCUT2D eigenvalue weighted by Crippen LogP contribution is 2.21. The second kappa shape index (κ2) is 5.09. The molecule has 0 fully saturated rings. The standard InChI is InChI=1S/C13H12BrN5O/c1-8(9-3-2-4-10(14)7-9)15-11-5-6-12-16-17-13(20)19(12)18-11/h2-8H,1H3,(H,15,18)(H,17,20). The van der Waals surface area contributed by atoms with Crippen LogP contribution in [0.3, 0.4) is 0 Å². The van der Waals surface area contributed by atoms with Crippen LogP contribution < -0.4 is 11.0 Å². The zero-order valence-electron chi connectivity index (χ0n) is 10.7. The van der Waals surface area contributed by atoms with E-state index in [9.17, 15) is 4.79 Å². The summed E-state index contributed by atoms with van der Waals surface area (Å²) in [5.74, 6) is 0.619. The van der Waals surface area contributed by atoms with Gasteiger partial charge in [-0.05, 0) is 36.8 Å². The molecule has 0 saturated carbocycles. The number of hydrogen-bond acceptors (Lipinski definition) is 4. The summed E-state index contributed by atoms with van der Waals surface area (Å²) in [5.41, 5.74) is 1.27. The quantitative estimate of drug-likeness (QED) is 0.771. The number of hydrogen-bond donors (Lipinski definition) is 2. The van der Waals surface area contributed by atoms with Gasteiger partial charge in [0.25, 0.3) is 0 Å². The van der Waals surface area contributed by atoms with Crippen LogP contribution in [0.25, 0.3) is 5.65 Å². The summed E-state index contributed by atoms with van der Waals surface area (Å²) in [4.78, 5) is 11.5. The molecule has 2 aromatic heterocycles. The van der Waals surface area contributed by atoms with E-state index in [1.807, 2.05) is 31.2 Å². The average Bonchev–Trinajstić information content (AvgIpc) is 2.80. The lowest BCUT2D eigenvalue weighted by Crippen LogP contribution is -2.15. The fourth-order valence-corrected chi connectivity index (χ4v) is 2.38. The molecule has 1 atom stereocenters. The highest BCUT2D eigenvalue weighted by atomic mass is 79.9. The summed E-state index contributed by atoms with van der Waals surface area (Å²) in [6, 6.07) is 11.6. The van der Waals surface area contributed by atoms with Gasteiger partial charge in [0.15, 0.2) is 5.65 Å². The predicted octanol–water partition coefficient (Wildman–Crippen LogP) is 2.35. The van der Waals surface area contributed by atoms with Crippen molar-refractivity contribution >= 4 is 27.4 Å². The molecule has 0 radical (unpaired) electrons. The number of fused-ring (bicyclic) bond motifs is 1. The molecule has 0 aliphatic heterocycles. The highest BCUT2D eigenvalue weighted by molar-refractivity contribution is 9.10. The lowest BCUT2D eigenvalue weighted by Gasteiger charge is -2.15. The molecule has 0 bridgehead atoms. The molecule has 7 heteroatoms. The lowest BCUT2D eigenvalue weighted by atomic mass is 10.1. The first-order valence-electron chi connectivity index (χ1n) is 6.10. The van der Waals surface area contributed by atoms with Crippen molar-refractivity contribution in [2.45, 2.75) is 13.0 Å². The van der Waals surface area contributed by atoms with Crippen LogP contribution in [0.5, 0.6) is 0 Å². The van der Waals surface area contributed by atoms with Crippen LogP contribution in [-0.2, 0) is 0 Å². The van der Waals surface area contributed by atoms with Crippen LogP contribution in [0, 0.1) is 0 Å². The zero-order chi connectivity index (χ0) is 14.1. The Kier molecular flexibility index (Phi) is 3.27. The molecule has 102 valence electrons. The Morgan fingerprint density at radius 2 is 2.20 bits per heavy atom. The summed E-state index contributed by atoms with van der Waals surface area (Å²) >= 11 is 3.45. The van der Waals surface area contributed by atoms with Crippen molar-refractivity contribution in [3.8, 4) is 0 Å². The van der Waals surface area contributed by atoms with E-state index < -0.39 is 0 Å². The number of anilines is 1. The predicted molar refractivity (Wildman–Crippen MR) is 79.8 cm³/mol. The van der Waals surface area contributed by atoms with Gasteiger partial charge in [0.05, 0.1) is 6.04 Å². The summed E-state index contributed by atoms with van der Waals surface area (Å²) in [5, 5.41) is 13.7. The van der Waals surface area contributed by atoms with Crippen molar-refractivity contribution in [1.29, 1.82) is 0 Å². The number of benzene rings is 1. The van der Waals surface area contributed by atoms with Gasteiger partial charge < -0.3 is 5.32 Å². The normalized spacial score (nSPS) is 12.5. The van der Waals surface area contributed by atoms with Gasteiger partial charge in [-0.15, -0.1) is 5.10 Å². The van der Waals surface area contributed by atoms with Crippen LogP contribution in [0.4, 0.5) is 5.82 Å². The SMILES string of the molecule is CC(Nc1ccc2n[nH]c(=O)n2n1)c1cccc(Br)c1. The van der Waals surface area contributed by atoms with Crippen molar-refractivity contribution in [3.05, 3.63) is 56.9 Å². The Morgan fingerprint density at radius 1 is 1.35 bits per heavy atom. The average molecular weight is 334 g/mol. The maximum atomic E-state index is 11.5. The molecule has 0 aliphatic rings. The topological polar surface area (TPSA) is 75.1 Å². The minimum atomic E-state index is -0.348. The second-order valence-electron chi connectivity index (χ2n) is 4.44. The first-order valence-corrected chi connectivity index (χ1v) is 6.89. The zero-order valence-corrected chi connectivity index (χ0v) is 12.3. The first-order chi connectivity index (χ1) is 9.63. The number of aromatic nitrogens is 4. The fourth-order valence-electron chi connectivity index (χ4n) is 1.96. The van der Waals surface area contributed by atoms with E-state index in [0.717, 1.165) is 10.0 Å². The largest absolute Gasteiger partial charge is 0.364 e. The number of H-pyrrole nitrogens is 1. The summed E-state index contributed by atoms with van der Waals surface area (Å²) in [6.45, 7) is 2.03. The van der Waals surface area contributed by atoms with Crippen molar-refractivity contribution in [2.75, 3.05) is 5.32 Å². The smallest absolute Gasteiger partial charge is 0.362 e. The van der Waals surface area contributed by atoms with E-state index in [1.165, 1.54) is 4.52 Å². The molecule has 0 spiro atoms. The van der Waals surface area contributed by atoms with Gasteiger partial charge in [-0.25, -0.2) is 9.89 Å². The molecule has 2 heterocycles. The van der Waals surface area contributed by atoms with Crippen molar-refractivity contribution in [2.24, 2.45) is 0 Å². The van der Waals surface area contributed by atoms with Gasteiger partial charge in [0, 0.05) is 4.47 Å². The van der Waals surface area contributed by atoms with Gasteiger partial charge in [-0.3, -0.25) is 0 Å². The van der Waals surface area contributed by atoms with Crippen LogP contribution in [0.2, 0.25) is 0 Å². The number of rotatable bonds is 3. The van der Waals surface area contributed by atoms with E-state index in [0.29, 0.717) is 11.5 Å². The minimum Gasteiger partial charge on any atom is -0.362 e. The monoisotopic (exact) mass is 333 g/mol. The third kappa shape index (κ3) is 2.44. The van der Waals surface area contributed by atoms with Crippen LogP contribution >= 0.6 is 15.9 Å². The Morgan fingerprint density at radius 3 is 3.00 bits per heavy atom. The molecule has 1 unspecified atom stereocenters. The van der Waals surface area contributed by atoms with Gasteiger partial charge in [-0.1, -0.05) is 28.1 Å². The molecule has 2 N–H and O–H groups in total. The summed E-state index contributed by atoms with van der Waals surface area (Å²) in [6.07, 6.45) is 0. The Balaban J connectivity index is 1.88. The van der Waals surface area contributed by atoms with Crippen molar-refractivity contribution in [3.63, 3.8) is 0 Å². The lowest BCUT2D eigenvalue weighted by molar-refractivity contribution is 0.830. The van der Waals surface area contributed by atoms with Crippen LogP contribution in [-0.4, -0.2) is 19.8 Å². The van der Waals surface area contributed by atoms with E-state index in [2.05, 4.69) is 36.5 Å². The summed E-state index contributed by atoms with van der Waals surface area (Å²) in [7, 11) is 0. The van der Waals surface area contributed by atoms with Crippen molar-refractivity contribution < 1.29 is 0 Å². The molecular weight excluding hydrogens is 322 g/mol. The van der Waals surface area contributed by atoms with E-state index in [-0.39, 0.29) is 11.7 Å². The Labute approximate surface area is 123 Å². The number of halogens is 1. The highest BCUT2D eigenvalue weighted by Gasteiger charge is 2.08. The summed E-state index contributed by atoms with van der Waals surface area (Å²) < 4.78 is 2.26.